The summed E-state index contributed by atoms with van der Waals surface area (Å²) in [6.45, 7) is 10.9. The van der Waals surface area contributed by atoms with E-state index in [2.05, 4.69) is 30.3 Å². The summed E-state index contributed by atoms with van der Waals surface area (Å²) in [5, 5.41) is 0. The SMILES string of the molecule is C=C(C)N=C(CC)N(C)CC. The molecule has 0 unspecified atom stereocenters. The molecule has 0 fully saturated rings. The van der Waals surface area contributed by atoms with Crippen molar-refractivity contribution in [2.45, 2.75) is 27.2 Å². The molecular formula is C9H18N2. The molecule has 0 heterocycles. The van der Waals surface area contributed by atoms with Crippen LogP contribution in [0.4, 0.5) is 0 Å². The van der Waals surface area contributed by atoms with E-state index in [9.17, 15) is 0 Å². The Morgan fingerprint density at radius 3 is 2.27 bits per heavy atom. The Hall–Kier alpha value is -0.790. The first-order valence-electron chi connectivity index (χ1n) is 4.06. The van der Waals surface area contributed by atoms with Crippen LogP contribution < -0.4 is 0 Å². The molecule has 0 rings (SSSR count). The Balaban J connectivity index is 4.26. The second-order valence-electron chi connectivity index (χ2n) is 2.63. The summed E-state index contributed by atoms with van der Waals surface area (Å²) in [6, 6.07) is 0. The van der Waals surface area contributed by atoms with Crippen LogP contribution in [-0.2, 0) is 0 Å². The fraction of sp³-hybridized carbons (Fsp3) is 0.667. The monoisotopic (exact) mass is 154 g/mol. The van der Waals surface area contributed by atoms with Gasteiger partial charge in [-0.05, 0) is 13.8 Å². The fourth-order valence-corrected chi connectivity index (χ4v) is 0.837. The summed E-state index contributed by atoms with van der Waals surface area (Å²) in [5.74, 6) is 1.11. The van der Waals surface area contributed by atoms with Crippen LogP contribution in [0.5, 0.6) is 0 Å². The third-order valence-electron chi connectivity index (χ3n) is 1.55. The number of nitrogens with zero attached hydrogens (tertiary/aromatic N) is 2. The van der Waals surface area contributed by atoms with Crippen molar-refractivity contribution in [2.75, 3.05) is 13.6 Å². The molecular weight excluding hydrogens is 136 g/mol. The van der Waals surface area contributed by atoms with Crippen LogP contribution in [0.15, 0.2) is 17.3 Å². The number of amidine groups is 1. The molecule has 2 heteroatoms. The number of rotatable bonds is 3. The van der Waals surface area contributed by atoms with Crippen LogP contribution in [0.2, 0.25) is 0 Å². The van der Waals surface area contributed by atoms with Gasteiger partial charge in [0, 0.05) is 25.7 Å². The highest BCUT2D eigenvalue weighted by Crippen LogP contribution is 1.98. The molecule has 0 saturated carbocycles. The predicted octanol–water partition coefficient (Wildman–Crippen LogP) is 2.28. The highest BCUT2D eigenvalue weighted by Gasteiger charge is 1.99. The second kappa shape index (κ2) is 4.94. The van der Waals surface area contributed by atoms with Gasteiger partial charge in [-0.2, -0.15) is 0 Å². The van der Waals surface area contributed by atoms with Gasteiger partial charge >= 0.3 is 0 Å². The van der Waals surface area contributed by atoms with E-state index in [4.69, 9.17) is 0 Å². The molecule has 0 aromatic carbocycles. The molecule has 0 aliphatic carbocycles. The topological polar surface area (TPSA) is 15.6 Å². The minimum atomic E-state index is 0.877. The van der Waals surface area contributed by atoms with Crippen LogP contribution in [0.1, 0.15) is 27.2 Å². The number of hydrogen-bond acceptors (Lipinski definition) is 1. The summed E-state index contributed by atoms with van der Waals surface area (Å²) in [5.41, 5.74) is 0.877. The van der Waals surface area contributed by atoms with Gasteiger partial charge in [0.2, 0.25) is 0 Å². The van der Waals surface area contributed by atoms with E-state index in [1.165, 1.54) is 0 Å². The summed E-state index contributed by atoms with van der Waals surface area (Å²) < 4.78 is 0. The predicted molar refractivity (Wildman–Crippen MR) is 50.8 cm³/mol. The van der Waals surface area contributed by atoms with Gasteiger partial charge in [-0.1, -0.05) is 13.5 Å². The summed E-state index contributed by atoms with van der Waals surface area (Å²) in [6.07, 6.45) is 0.969. The highest BCUT2D eigenvalue weighted by molar-refractivity contribution is 5.82. The molecule has 0 bridgehead atoms. The molecule has 0 aliphatic rings. The molecule has 0 radical (unpaired) electrons. The van der Waals surface area contributed by atoms with E-state index in [1.807, 2.05) is 14.0 Å². The number of hydrogen-bond donors (Lipinski definition) is 0. The Morgan fingerprint density at radius 1 is 1.45 bits per heavy atom. The molecule has 0 aromatic heterocycles. The molecule has 0 aliphatic heterocycles. The van der Waals surface area contributed by atoms with Crippen molar-refractivity contribution in [1.82, 2.24) is 4.90 Å². The van der Waals surface area contributed by atoms with Crippen molar-refractivity contribution in [3.8, 4) is 0 Å². The zero-order valence-electron chi connectivity index (χ0n) is 8.02. The van der Waals surface area contributed by atoms with Gasteiger partial charge in [-0.25, -0.2) is 4.99 Å². The standard InChI is InChI=1S/C9H18N2/c1-6-9(10-8(3)4)11(5)7-2/h3,6-7H2,1-2,4-5H3. The first-order valence-corrected chi connectivity index (χ1v) is 4.06. The Labute approximate surface area is 69.6 Å². The average molecular weight is 154 g/mol. The van der Waals surface area contributed by atoms with E-state index in [1.54, 1.807) is 0 Å². The van der Waals surface area contributed by atoms with Crippen LogP contribution in [0.3, 0.4) is 0 Å². The summed E-state index contributed by atoms with van der Waals surface area (Å²) in [7, 11) is 2.05. The molecule has 0 amide bonds. The summed E-state index contributed by atoms with van der Waals surface area (Å²) in [4.78, 5) is 6.45. The van der Waals surface area contributed by atoms with Crippen molar-refractivity contribution in [1.29, 1.82) is 0 Å². The van der Waals surface area contributed by atoms with Crippen molar-refractivity contribution in [2.24, 2.45) is 4.99 Å². The molecule has 0 saturated heterocycles. The Bertz CT molecular complexity index is 159. The van der Waals surface area contributed by atoms with Gasteiger partial charge in [0.1, 0.15) is 5.84 Å². The maximum Gasteiger partial charge on any atom is 0.104 e. The Kier molecular flexibility index (Phi) is 4.59. The van der Waals surface area contributed by atoms with Crippen LogP contribution in [0, 0.1) is 0 Å². The largest absolute Gasteiger partial charge is 0.363 e. The molecule has 64 valence electrons. The van der Waals surface area contributed by atoms with Gasteiger partial charge in [0.25, 0.3) is 0 Å². The zero-order chi connectivity index (χ0) is 8.85. The van der Waals surface area contributed by atoms with Crippen molar-refractivity contribution < 1.29 is 0 Å². The lowest BCUT2D eigenvalue weighted by Gasteiger charge is -2.17. The van der Waals surface area contributed by atoms with E-state index >= 15 is 0 Å². The number of allylic oxidation sites excluding steroid dienone is 1. The lowest BCUT2D eigenvalue weighted by Crippen LogP contribution is -2.25. The van der Waals surface area contributed by atoms with Crippen molar-refractivity contribution in [3.05, 3.63) is 12.3 Å². The van der Waals surface area contributed by atoms with Gasteiger partial charge in [-0.3, -0.25) is 0 Å². The number of aliphatic imine (C=N–C) groups is 1. The fourth-order valence-electron chi connectivity index (χ4n) is 0.837. The maximum absolute atomic E-state index is 4.31. The van der Waals surface area contributed by atoms with Crippen LogP contribution >= 0.6 is 0 Å². The normalized spacial score (nSPS) is 11.5. The van der Waals surface area contributed by atoms with Gasteiger partial charge in [-0.15, -0.1) is 0 Å². The molecule has 2 nitrogen and oxygen atoms in total. The minimum Gasteiger partial charge on any atom is -0.363 e. The third-order valence-corrected chi connectivity index (χ3v) is 1.55. The smallest absolute Gasteiger partial charge is 0.104 e. The van der Waals surface area contributed by atoms with Gasteiger partial charge in [0.15, 0.2) is 0 Å². The molecule has 0 spiro atoms. The Morgan fingerprint density at radius 2 is 2.00 bits per heavy atom. The average Bonchev–Trinajstić information content (AvgIpc) is 1.98. The van der Waals surface area contributed by atoms with E-state index < -0.39 is 0 Å². The van der Waals surface area contributed by atoms with Crippen LogP contribution in [0.25, 0.3) is 0 Å². The maximum atomic E-state index is 4.31. The lowest BCUT2D eigenvalue weighted by atomic mass is 10.4. The highest BCUT2D eigenvalue weighted by atomic mass is 15.2. The molecule has 0 aromatic rings. The zero-order valence-corrected chi connectivity index (χ0v) is 8.02. The van der Waals surface area contributed by atoms with Crippen LogP contribution in [-0.4, -0.2) is 24.3 Å². The van der Waals surface area contributed by atoms with Gasteiger partial charge in [0.05, 0.1) is 0 Å². The molecule has 0 atom stereocenters. The van der Waals surface area contributed by atoms with E-state index in [0.29, 0.717) is 0 Å². The van der Waals surface area contributed by atoms with E-state index in [0.717, 1.165) is 24.5 Å². The van der Waals surface area contributed by atoms with E-state index in [-0.39, 0.29) is 0 Å². The molecule has 0 N–H and O–H groups in total. The molecule has 11 heavy (non-hydrogen) atoms. The minimum absolute atomic E-state index is 0.877. The first-order chi connectivity index (χ1) is 5.11. The lowest BCUT2D eigenvalue weighted by molar-refractivity contribution is 0.523. The second-order valence-corrected chi connectivity index (χ2v) is 2.63. The van der Waals surface area contributed by atoms with Crippen molar-refractivity contribution >= 4 is 5.84 Å². The quantitative estimate of drug-likeness (QED) is 0.450. The third kappa shape index (κ3) is 3.81. The van der Waals surface area contributed by atoms with Gasteiger partial charge < -0.3 is 4.90 Å². The first kappa shape index (κ1) is 10.2. The van der Waals surface area contributed by atoms with Crippen molar-refractivity contribution in [3.63, 3.8) is 0 Å². The summed E-state index contributed by atoms with van der Waals surface area (Å²) >= 11 is 0.